The molecular formula is C14H15N5O2S2. The molecule has 3 aromatic heterocycles. The first-order chi connectivity index (χ1) is 11.2. The number of aromatic nitrogens is 4. The number of hydrogen-bond acceptors (Lipinski definition) is 9. The Morgan fingerprint density at radius 3 is 2.87 bits per heavy atom. The minimum atomic E-state index is 0.473. The van der Waals surface area contributed by atoms with Crippen molar-refractivity contribution < 1.29 is 8.83 Å². The van der Waals surface area contributed by atoms with Crippen molar-refractivity contribution in [1.29, 1.82) is 0 Å². The highest BCUT2D eigenvalue weighted by Crippen LogP contribution is 2.30. The molecule has 120 valence electrons. The molecule has 0 saturated carbocycles. The van der Waals surface area contributed by atoms with Gasteiger partial charge < -0.3 is 14.2 Å². The maximum atomic E-state index is 5.68. The van der Waals surface area contributed by atoms with Gasteiger partial charge in [-0.2, -0.15) is 0 Å². The fraction of sp³-hybridized carbons (Fsp3) is 0.286. The summed E-state index contributed by atoms with van der Waals surface area (Å²) >= 11 is 2.98. The SMILES string of the molecule is C=CCNc1nnc(SCc2nnc(-c3cc(C)oc3C)o2)s1. The van der Waals surface area contributed by atoms with Gasteiger partial charge in [0.2, 0.25) is 11.0 Å². The second kappa shape index (κ2) is 6.97. The number of thioether (sulfide) groups is 1. The Bertz CT molecular complexity index is 808. The van der Waals surface area contributed by atoms with Crippen molar-refractivity contribution in [3.05, 3.63) is 36.1 Å². The summed E-state index contributed by atoms with van der Waals surface area (Å²) in [6, 6.07) is 1.89. The number of nitrogens with one attached hydrogen (secondary N) is 1. The molecular weight excluding hydrogens is 334 g/mol. The maximum Gasteiger partial charge on any atom is 0.251 e. The van der Waals surface area contributed by atoms with Gasteiger partial charge in [0.15, 0.2) is 4.34 Å². The summed E-state index contributed by atoms with van der Waals surface area (Å²) < 4.78 is 12.0. The number of rotatable bonds is 7. The zero-order valence-electron chi connectivity index (χ0n) is 12.7. The largest absolute Gasteiger partial charge is 0.466 e. The van der Waals surface area contributed by atoms with Crippen LogP contribution in [0, 0.1) is 13.8 Å². The Morgan fingerprint density at radius 2 is 2.13 bits per heavy atom. The lowest BCUT2D eigenvalue weighted by Crippen LogP contribution is -1.96. The number of aryl methyl sites for hydroxylation is 2. The summed E-state index contributed by atoms with van der Waals surface area (Å²) in [5.41, 5.74) is 0.832. The van der Waals surface area contributed by atoms with Crippen LogP contribution in [0.1, 0.15) is 17.4 Å². The van der Waals surface area contributed by atoms with Crippen molar-refractivity contribution in [3.63, 3.8) is 0 Å². The van der Waals surface area contributed by atoms with Crippen molar-refractivity contribution in [3.8, 4) is 11.5 Å². The fourth-order valence-corrected chi connectivity index (χ4v) is 3.48. The normalized spacial score (nSPS) is 10.9. The van der Waals surface area contributed by atoms with Crippen LogP contribution < -0.4 is 5.32 Å². The van der Waals surface area contributed by atoms with Gasteiger partial charge >= 0.3 is 0 Å². The van der Waals surface area contributed by atoms with Crippen LogP contribution in [0.2, 0.25) is 0 Å². The average Bonchev–Trinajstić information content (AvgIpc) is 3.23. The third-order valence-electron chi connectivity index (χ3n) is 2.86. The molecule has 0 radical (unpaired) electrons. The second-order valence-electron chi connectivity index (χ2n) is 4.66. The zero-order valence-corrected chi connectivity index (χ0v) is 14.3. The molecule has 0 aliphatic rings. The smallest absolute Gasteiger partial charge is 0.251 e. The Balaban J connectivity index is 1.62. The molecule has 1 N–H and O–H groups in total. The fourth-order valence-electron chi connectivity index (χ4n) is 1.89. The van der Waals surface area contributed by atoms with Gasteiger partial charge in [-0.3, -0.25) is 0 Å². The molecule has 0 saturated heterocycles. The minimum Gasteiger partial charge on any atom is -0.466 e. The third-order valence-corrected chi connectivity index (χ3v) is 4.86. The summed E-state index contributed by atoms with van der Waals surface area (Å²) in [5, 5.41) is 20.1. The molecule has 0 unspecified atom stereocenters. The predicted octanol–water partition coefficient (Wildman–Crippen LogP) is 3.69. The Kier molecular flexibility index (Phi) is 4.77. The van der Waals surface area contributed by atoms with Gasteiger partial charge in [0.25, 0.3) is 5.89 Å². The minimum absolute atomic E-state index is 0.473. The van der Waals surface area contributed by atoms with Crippen LogP contribution in [0.4, 0.5) is 5.13 Å². The molecule has 0 aromatic carbocycles. The van der Waals surface area contributed by atoms with Crippen LogP contribution >= 0.6 is 23.1 Å². The van der Waals surface area contributed by atoms with Crippen LogP contribution in [0.3, 0.4) is 0 Å². The van der Waals surface area contributed by atoms with Crippen LogP contribution in [-0.4, -0.2) is 26.9 Å². The van der Waals surface area contributed by atoms with E-state index in [-0.39, 0.29) is 0 Å². The topological polar surface area (TPSA) is 89.9 Å². The van der Waals surface area contributed by atoms with Crippen LogP contribution in [0.15, 0.2) is 31.9 Å². The van der Waals surface area contributed by atoms with Gasteiger partial charge in [0, 0.05) is 6.54 Å². The summed E-state index contributed by atoms with van der Waals surface area (Å²) in [6.07, 6.45) is 1.77. The van der Waals surface area contributed by atoms with E-state index in [1.807, 2.05) is 19.9 Å². The number of hydrogen-bond donors (Lipinski definition) is 1. The molecule has 3 rings (SSSR count). The Hall–Kier alpha value is -2.13. The van der Waals surface area contributed by atoms with Gasteiger partial charge in [0.05, 0.1) is 11.3 Å². The van der Waals surface area contributed by atoms with Crippen molar-refractivity contribution in [1.82, 2.24) is 20.4 Å². The predicted molar refractivity (Wildman–Crippen MR) is 89.6 cm³/mol. The number of furan rings is 1. The number of anilines is 1. The van der Waals surface area contributed by atoms with Crippen molar-refractivity contribution in [2.75, 3.05) is 11.9 Å². The van der Waals surface area contributed by atoms with E-state index in [0.29, 0.717) is 24.1 Å². The maximum absolute atomic E-state index is 5.68. The highest BCUT2D eigenvalue weighted by atomic mass is 32.2. The summed E-state index contributed by atoms with van der Waals surface area (Å²) in [4.78, 5) is 0. The summed E-state index contributed by atoms with van der Waals surface area (Å²) in [6.45, 7) is 8.07. The lowest BCUT2D eigenvalue weighted by atomic mass is 10.2. The Labute approximate surface area is 141 Å². The van der Waals surface area contributed by atoms with Gasteiger partial charge in [-0.05, 0) is 19.9 Å². The quantitative estimate of drug-likeness (QED) is 0.510. The molecule has 0 aliphatic carbocycles. The molecule has 7 nitrogen and oxygen atoms in total. The first-order valence-electron chi connectivity index (χ1n) is 6.86. The molecule has 0 aliphatic heterocycles. The van der Waals surface area contributed by atoms with E-state index in [4.69, 9.17) is 8.83 Å². The average molecular weight is 349 g/mol. The lowest BCUT2D eigenvalue weighted by molar-refractivity contribution is 0.499. The van der Waals surface area contributed by atoms with Gasteiger partial charge in [-0.25, -0.2) is 0 Å². The van der Waals surface area contributed by atoms with E-state index >= 15 is 0 Å². The molecule has 0 bridgehead atoms. The van der Waals surface area contributed by atoms with E-state index in [2.05, 4.69) is 32.3 Å². The van der Waals surface area contributed by atoms with Gasteiger partial charge in [-0.1, -0.05) is 29.2 Å². The van der Waals surface area contributed by atoms with E-state index in [9.17, 15) is 0 Å². The van der Waals surface area contributed by atoms with Crippen LogP contribution in [0.5, 0.6) is 0 Å². The molecule has 0 fully saturated rings. The highest BCUT2D eigenvalue weighted by Gasteiger charge is 2.15. The van der Waals surface area contributed by atoms with Crippen LogP contribution in [-0.2, 0) is 5.75 Å². The number of nitrogens with zero attached hydrogens (tertiary/aromatic N) is 4. The standard InChI is InChI=1S/C14H15N5O2S2/c1-4-5-15-13-18-19-14(23-13)22-7-11-16-17-12(21-11)10-6-8(2)20-9(10)3/h4,6H,1,5,7H2,2-3H3,(H,15,18). The Morgan fingerprint density at radius 1 is 1.26 bits per heavy atom. The van der Waals surface area contributed by atoms with E-state index in [1.54, 1.807) is 6.08 Å². The lowest BCUT2D eigenvalue weighted by Gasteiger charge is -1.93. The molecule has 0 amide bonds. The molecule has 0 atom stereocenters. The first kappa shape index (κ1) is 15.8. The van der Waals surface area contributed by atoms with Crippen molar-refractivity contribution in [2.24, 2.45) is 0 Å². The first-order valence-corrected chi connectivity index (χ1v) is 8.67. The molecule has 3 heterocycles. The monoisotopic (exact) mass is 349 g/mol. The zero-order chi connectivity index (χ0) is 16.2. The van der Waals surface area contributed by atoms with E-state index in [0.717, 1.165) is 26.6 Å². The second-order valence-corrected chi connectivity index (χ2v) is 6.86. The highest BCUT2D eigenvalue weighted by molar-refractivity contribution is 8.00. The summed E-state index contributed by atoms with van der Waals surface area (Å²) in [5.74, 6) is 3.14. The molecule has 9 heteroatoms. The van der Waals surface area contributed by atoms with Gasteiger partial charge in [0.1, 0.15) is 11.5 Å². The van der Waals surface area contributed by atoms with Crippen molar-refractivity contribution in [2.45, 2.75) is 23.9 Å². The third kappa shape index (κ3) is 3.80. The molecule has 0 spiro atoms. The van der Waals surface area contributed by atoms with Crippen molar-refractivity contribution >= 4 is 28.2 Å². The summed E-state index contributed by atoms with van der Waals surface area (Å²) in [7, 11) is 0. The molecule has 23 heavy (non-hydrogen) atoms. The van der Waals surface area contributed by atoms with E-state index < -0.39 is 0 Å². The van der Waals surface area contributed by atoms with E-state index in [1.165, 1.54) is 23.1 Å². The van der Waals surface area contributed by atoms with Gasteiger partial charge in [-0.15, -0.1) is 27.0 Å². The van der Waals surface area contributed by atoms with Crippen LogP contribution in [0.25, 0.3) is 11.5 Å². The molecule has 3 aromatic rings.